The lowest BCUT2D eigenvalue weighted by atomic mass is 10.3. The van der Waals surface area contributed by atoms with Crippen molar-refractivity contribution in [2.45, 2.75) is 13.2 Å². The highest BCUT2D eigenvalue weighted by atomic mass is 35.5. The molecule has 0 fully saturated rings. The fraction of sp³-hybridized carbons (Fsp3) is 0.100. The van der Waals surface area contributed by atoms with Crippen LogP contribution in [0.5, 0.6) is 11.5 Å². The van der Waals surface area contributed by atoms with Crippen LogP contribution < -0.4 is 9.47 Å². The molecule has 4 rings (SSSR count). The number of rotatable bonds is 6. The van der Waals surface area contributed by atoms with Crippen LogP contribution in [0.3, 0.4) is 0 Å². The van der Waals surface area contributed by atoms with E-state index >= 15 is 0 Å². The van der Waals surface area contributed by atoms with Crippen molar-refractivity contribution in [1.82, 2.24) is 19.9 Å². The number of hydrogen-bond acceptors (Lipinski definition) is 4. The van der Waals surface area contributed by atoms with Crippen molar-refractivity contribution in [1.29, 1.82) is 0 Å². The van der Waals surface area contributed by atoms with Crippen LogP contribution in [0, 0.1) is 11.6 Å². The molecule has 0 atom stereocenters. The molecule has 2 aromatic heterocycles. The molecule has 0 amide bonds. The van der Waals surface area contributed by atoms with E-state index in [1.54, 1.807) is 36.9 Å². The molecular formula is C20H16Cl2F2N4O2. The van der Waals surface area contributed by atoms with Gasteiger partial charge in [0.2, 0.25) is 5.82 Å². The maximum absolute atomic E-state index is 13.1. The molecule has 0 aliphatic heterocycles. The van der Waals surface area contributed by atoms with Gasteiger partial charge in [0.05, 0.1) is 41.5 Å². The number of ether oxygens (including phenoxy) is 2. The highest BCUT2D eigenvalue weighted by molar-refractivity contribution is 6.42. The van der Waals surface area contributed by atoms with Crippen LogP contribution in [0.15, 0.2) is 61.4 Å². The average molecular weight is 453 g/mol. The SMILES string of the molecule is Clc1cccc(OCc2cnc[nH]2)c1Cl.Fc1cccc(OCc2cnc[nH]2)c1F. The van der Waals surface area contributed by atoms with Gasteiger partial charge in [0.1, 0.15) is 24.0 Å². The number of aromatic nitrogens is 4. The lowest BCUT2D eigenvalue weighted by molar-refractivity contribution is 0.281. The molecule has 0 radical (unpaired) electrons. The van der Waals surface area contributed by atoms with Gasteiger partial charge in [-0.2, -0.15) is 4.39 Å². The Morgan fingerprint density at radius 2 is 1.37 bits per heavy atom. The summed E-state index contributed by atoms with van der Waals surface area (Å²) in [5.74, 6) is -1.43. The number of halogens is 4. The quantitative estimate of drug-likeness (QED) is 0.401. The second-order valence-electron chi connectivity index (χ2n) is 5.83. The van der Waals surface area contributed by atoms with Gasteiger partial charge in [-0.3, -0.25) is 0 Å². The smallest absolute Gasteiger partial charge is 0.200 e. The van der Waals surface area contributed by atoms with Gasteiger partial charge in [-0.1, -0.05) is 35.3 Å². The molecule has 0 saturated heterocycles. The third-order valence-corrected chi connectivity index (χ3v) is 4.51. The summed E-state index contributed by atoms with van der Waals surface area (Å²) in [6.45, 7) is 0.514. The van der Waals surface area contributed by atoms with E-state index in [4.69, 9.17) is 32.7 Å². The highest BCUT2D eigenvalue weighted by Gasteiger charge is 2.08. The fourth-order valence-electron chi connectivity index (χ4n) is 2.23. The zero-order valence-corrected chi connectivity index (χ0v) is 16.9. The van der Waals surface area contributed by atoms with E-state index < -0.39 is 11.6 Å². The normalized spacial score (nSPS) is 10.3. The molecule has 0 unspecified atom stereocenters. The minimum Gasteiger partial charge on any atom is -0.486 e. The molecule has 0 aliphatic carbocycles. The van der Waals surface area contributed by atoms with Gasteiger partial charge >= 0.3 is 0 Å². The molecule has 2 aromatic carbocycles. The summed E-state index contributed by atoms with van der Waals surface area (Å²) in [6.07, 6.45) is 6.33. The van der Waals surface area contributed by atoms with Crippen LogP contribution >= 0.6 is 23.2 Å². The Morgan fingerprint density at radius 1 is 0.800 bits per heavy atom. The monoisotopic (exact) mass is 452 g/mol. The van der Waals surface area contributed by atoms with Gasteiger partial charge in [0.25, 0.3) is 0 Å². The summed E-state index contributed by atoms with van der Waals surface area (Å²) in [7, 11) is 0. The Kier molecular flexibility index (Phi) is 7.64. The van der Waals surface area contributed by atoms with Gasteiger partial charge < -0.3 is 19.4 Å². The first kappa shape index (κ1) is 21.6. The molecule has 4 aromatic rings. The topological polar surface area (TPSA) is 75.8 Å². The maximum Gasteiger partial charge on any atom is 0.200 e. The molecule has 6 nitrogen and oxygen atoms in total. The van der Waals surface area contributed by atoms with Crippen molar-refractivity contribution in [3.63, 3.8) is 0 Å². The molecule has 2 N–H and O–H groups in total. The first-order valence-electron chi connectivity index (χ1n) is 8.62. The van der Waals surface area contributed by atoms with E-state index in [0.717, 1.165) is 11.8 Å². The average Bonchev–Trinajstić information content (AvgIpc) is 3.45. The maximum atomic E-state index is 13.1. The van der Waals surface area contributed by atoms with Crippen molar-refractivity contribution in [2.24, 2.45) is 0 Å². The number of nitrogens with one attached hydrogen (secondary N) is 2. The number of nitrogens with zero attached hydrogens (tertiary/aromatic N) is 2. The van der Waals surface area contributed by atoms with Gasteiger partial charge in [-0.15, -0.1) is 0 Å². The molecule has 30 heavy (non-hydrogen) atoms. The summed E-state index contributed by atoms with van der Waals surface area (Å²) in [6, 6.07) is 9.07. The first-order chi connectivity index (χ1) is 14.5. The van der Waals surface area contributed by atoms with Gasteiger partial charge in [0, 0.05) is 0 Å². The summed E-state index contributed by atoms with van der Waals surface area (Å²) in [5, 5.41) is 0.914. The largest absolute Gasteiger partial charge is 0.486 e. The number of H-pyrrole nitrogens is 2. The van der Waals surface area contributed by atoms with Crippen molar-refractivity contribution in [2.75, 3.05) is 0 Å². The minimum atomic E-state index is -0.975. The Bertz CT molecular complexity index is 975. The number of aromatic amines is 2. The van der Waals surface area contributed by atoms with E-state index in [9.17, 15) is 8.78 Å². The molecule has 2 heterocycles. The summed E-state index contributed by atoms with van der Waals surface area (Å²) in [5.41, 5.74) is 1.57. The highest BCUT2D eigenvalue weighted by Crippen LogP contribution is 2.31. The van der Waals surface area contributed by atoms with Crippen molar-refractivity contribution < 1.29 is 18.3 Å². The van der Waals surface area contributed by atoms with Crippen LogP contribution in [0.4, 0.5) is 8.78 Å². The Hall–Kier alpha value is -3.10. The van der Waals surface area contributed by atoms with Gasteiger partial charge in [-0.25, -0.2) is 14.4 Å². The Labute approximate surface area is 180 Å². The number of benzene rings is 2. The van der Waals surface area contributed by atoms with Crippen LogP contribution in [0.25, 0.3) is 0 Å². The molecule has 156 valence electrons. The summed E-state index contributed by atoms with van der Waals surface area (Å²) < 4.78 is 36.4. The van der Waals surface area contributed by atoms with Gasteiger partial charge in [0.15, 0.2) is 11.6 Å². The zero-order valence-electron chi connectivity index (χ0n) is 15.4. The fourth-order valence-corrected chi connectivity index (χ4v) is 2.58. The Balaban J connectivity index is 0.000000171. The van der Waals surface area contributed by atoms with E-state index in [2.05, 4.69) is 19.9 Å². The molecular weight excluding hydrogens is 437 g/mol. The summed E-state index contributed by atoms with van der Waals surface area (Å²) >= 11 is 11.8. The Morgan fingerprint density at radius 3 is 1.97 bits per heavy atom. The second kappa shape index (κ2) is 10.6. The number of hydrogen-bond donors (Lipinski definition) is 2. The predicted molar refractivity (Wildman–Crippen MR) is 109 cm³/mol. The predicted octanol–water partition coefficient (Wildman–Crippen LogP) is 5.56. The van der Waals surface area contributed by atoms with Crippen molar-refractivity contribution in [3.05, 3.63) is 94.5 Å². The number of imidazole rings is 2. The van der Waals surface area contributed by atoms with Crippen molar-refractivity contribution >= 4 is 23.2 Å². The van der Waals surface area contributed by atoms with Gasteiger partial charge in [-0.05, 0) is 24.3 Å². The molecule has 10 heteroatoms. The zero-order chi connectivity index (χ0) is 21.3. The third-order valence-electron chi connectivity index (χ3n) is 3.71. The van der Waals surface area contributed by atoms with E-state index in [1.807, 2.05) is 0 Å². The third kappa shape index (κ3) is 5.95. The van der Waals surface area contributed by atoms with E-state index in [1.165, 1.54) is 18.5 Å². The van der Waals surface area contributed by atoms with E-state index in [-0.39, 0.29) is 12.4 Å². The van der Waals surface area contributed by atoms with Crippen molar-refractivity contribution in [3.8, 4) is 11.5 Å². The molecule has 0 bridgehead atoms. The summed E-state index contributed by atoms with van der Waals surface area (Å²) in [4.78, 5) is 13.4. The molecule has 0 spiro atoms. The molecule has 0 aliphatic rings. The first-order valence-corrected chi connectivity index (χ1v) is 9.38. The minimum absolute atomic E-state index is 0.107. The lowest BCUT2D eigenvalue weighted by Crippen LogP contribution is -1.98. The van der Waals surface area contributed by atoms with Crippen LogP contribution in [0.1, 0.15) is 11.4 Å². The van der Waals surface area contributed by atoms with Crippen LogP contribution in [-0.2, 0) is 13.2 Å². The van der Waals surface area contributed by atoms with E-state index in [0.29, 0.717) is 28.1 Å². The lowest BCUT2D eigenvalue weighted by Gasteiger charge is -2.07. The second-order valence-corrected chi connectivity index (χ2v) is 6.62. The molecule has 0 saturated carbocycles. The standard InChI is InChI=1S/C10H8Cl2N2O.C10H8F2N2O/c2*11-8-2-1-3-9(10(8)12)15-5-7-4-13-6-14-7/h2*1-4,6H,5H2,(H,13,14). The van der Waals surface area contributed by atoms with Crippen LogP contribution in [0.2, 0.25) is 10.0 Å². The van der Waals surface area contributed by atoms with Crippen LogP contribution in [-0.4, -0.2) is 19.9 Å².